The number of nitrogens with two attached hydrogens (primary N) is 3. The zero-order chi connectivity index (χ0) is 15.9. The van der Waals surface area contributed by atoms with Crippen LogP contribution >= 0.6 is 0 Å². The summed E-state index contributed by atoms with van der Waals surface area (Å²) in [6.45, 7) is -3.32. The summed E-state index contributed by atoms with van der Waals surface area (Å²) in [4.78, 5) is 13.6. The van der Waals surface area contributed by atoms with Crippen LogP contribution in [-0.4, -0.2) is 29.6 Å². The highest BCUT2D eigenvalue weighted by Gasteiger charge is 2.09. The molecule has 70 valence electrons. The molecule has 0 saturated heterocycles. The van der Waals surface area contributed by atoms with Gasteiger partial charge in [0.25, 0.3) is 0 Å². The summed E-state index contributed by atoms with van der Waals surface area (Å²) in [5, 5.41) is 8.66. The van der Waals surface area contributed by atoms with Gasteiger partial charge in [-0.2, -0.15) is 0 Å². The van der Waals surface area contributed by atoms with Gasteiger partial charge in [0.15, 0.2) is 5.96 Å². The van der Waals surface area contributed by atoms with Gasteiger partial charge in [0.1, 0.15) is 6.02 Å². The maximum absolute atomic E-state index is 10.7. The minimum Gasteiger partial charge on any atom is -0.480 e. The average Bonchev–Trinajstić information content (AvgIpc) is 2.14. The van der Waals surface area contributed by atoms with Crippen molar-refractivity contribution < 1.29 is 19.5 Å². The average molecular weight is 181 g/mol. The lowest BCUT2D eigenvalue weighted by molar-refractivity contribution is -0.138. The van der Waals surface area contributed by atoms with Gasteiger partial charge in [-0.05, 0) is 12.7 Å². The molecule has 0 fully saturated rings. The van der Waals surface area contributed by atoms with Crippen LogP contribution in [0.4, 0.5) is 0 Å². The van der Waals surface area contributed by atoms with Crippen LogP contribution in [0.2, 0.25) is 0 Å². The van der Waals surface area contributed by atoms with Gasteiger partial charge in [0.2, 0.25) is 0 Å². The first-order valence-corrected chi connectivity index (χ1v) is 2.74. The molecular formula is C6H14N4O2. The summed E-state index contributed by atoms with van der Waals surface area (Å²) in [7, 11) is 0. The van der Waals surface area contributed by atoms with Crippen LogP contribution in [0.3, 0.4) is 0 Å². The smallest absolute Gasteiger partial charge is 0.320 e. The molecule has 6 heteroatoms. The molecule has 1 atom stereocenters. The van der Waals surface area contributed by atoms with E-state index in [1.807, 2.05) is 0 Å². The Balaban J connectivity index is 5.91. The Morgan fingerprint density at radius 3 is 2.75 bits per heavy atom. The van der Waals surface area contributed by atoms with Crippen molar-refractivity contribution in [3.05, 3.63) is 0 Å². The molecule has 0 saturated carbocycles. The molecule has 0 aromatic carbocycles. The van der Waals surface area contributed by atoms with E-state index in [4.69, 9.17) is 31.9 Å². The van der Waals surface area contributed by atoms with Crippen molar-refractivity contribution in [3.63, 3.8) is 0 Å². The van der Waals surface area contributed by atoms with Gasteiger partial charge in [-0.3, -0.25) is 9.79 Å². The summed E-state index contributed by atoms with van der Waals surface area (Å²) in [5.41, 5.74) is 14.7. The minimum absolute atomic E-state index is 0.868. The van der Waals surface area contributed by atoms with Crippen LogP contribution in [0, 0.1) is 0 Å². The van der Waals surface area contributed by atoms with Gasteiger partial charge < -0.3 is 22.3 Å². The quantitative estimate of drug-likeness (QED) is 0.301. The van der Waals surface area contributed by atoms with E-state index >= 15 is 0 Å². The highest BCUT2D eigenvalue weighted by atomic mass is 16.4. The lowest BCUT2D eigenvalue weighted by Gasteiger charge is -2.03. The highest BCUT2D eigenvalue weighted by Crippen LogP contribution is 1.94. The Hall–Kier alpha value is -1.30. The molecule has 0 aliphatic heterocycles. The van der Waals surface area contributed by atoms with E-state index in [0.717, 1.165) is 0 Å². The molecule has 0 bridgehead atoms. The number of hydrogen-bond acceptors (Lipinski definition) is 3. The van der Waals surface area contributed by atoms with Gasteiger partial charge in [0.05, 0.1) is 4.11 Å². The number of hydrogen-bond donors (Lipinski definition) is 4. The van der Waals surface area contributed by atoms with Crippen molar-refractivity contribution >= 4 is 11.9 Å². The number of carbonyl (C=O) groups is 1. The van der Waals surface area contributed by atoms with Gasteiger partial charge in [-0.15, -0.1) is 0 Å². The van der Waals surface area contributed by atoms with Crippen LogP contribution in [0.5, 0.6) is 0 Å². The molecule has 0 aliphatic rings. The normalized spacial score (nSPS) is 26.9. The predicted molar refractivity (Wildman–Crippen MR) is 45.5 cm³/mol. The second-order valence-corrected chi connectivity index (χ2v) is 1.62. The third-order valence-electron chi connectivity index (χ3n) is 0.668. The summed E-state index contributed by atoms with van der Waals surface area (Å²) < 4.78 is 51.4. The first-order chi connectivity index (χ1) is 8.11. The SMILES string of the molecule is [2H]C([2H])(N=C(N)N)C([2H])([2H])C([2H])([2H])C([2H])(N)C(=O)O. The van der Waals surface area contributed by atoms with Gasteiger partial charge in [-0.25, -0.2) is 0 Å². The van der Waals surface area contributed by atoms with Crippen LogP contribution in [0.25, 0.3) is 0 Å². The van der Waals surface area contributed by atoms with E-state index in [9.17, 15) is 4.79 Å². The maximum Gasteiger partial charge on any atom is 0.320 e. The van der Waals surface area contributed by atoms with Gasteiger partial charge in [0, 0.05) is 12.0 Å². The van der Waals surface area contributed by atoms with Crippen molar-refractivity contribution in [1.82, 2.24) is 0 Å². The Morgan fingerprint density at radius 1 is 1.75 bits per heavy atom. The monoisotopic (exact) mass is 181 g/mol. The second-order valence-electron chi connectivity index (χ2n) is 1.62. The standard InChI is InChI=1S/C6H14N4O2/c7-4(5(11)12)2-1-3-10-6(8)9/h4H,1-3,7H2,(H,11,12)(H4,8,9,10)/i1D2,2D2,3D2,4D. The highest BCUT2D eigenvalue weighted by molar-refractivity contribution is 5.75. The second kappa shape index (κ2) is 5.36. The Labute approximate surface area is 80.3 Å². The number of carboxylic acids is 1. The van der Waals surface area contributed by atoms with Crippen molar-refractivity contribution in [1.29, 1.82) is 0 Å². The van der Waals surface area contributed by atoms with Gasteiger partial charge in [-0.1, -0.05) is 0 Å². The van der Waals surface area contributed by atoms with Gasteiger partial charge >= 0.3 is 5.97 Å². The van der Waals surface area contributed by atoms with Crippen molar-refractivity contribution in [2.24, 2.45) is 22.2 Å². The first-order valence-electron chi connectivity index (χ1n) is 6.24. The van der Waals surface area contributed by atoms with Crippen LogP contribution in [0.15, 0.2) is 4.99 Å². The van der Waals surface area contributed by atoms with Crippen LogP contribution in [0.1, 0.15) is 22.3 Å². The van der Waals surface area contributed by atoms with E-state index in [1.165, 1.54) is 0 Å². The molecule has 0 heterocycles. The third kappa shape index (κ3) is 5.48. The third-order valence-corrected chi connectivity index (χ3v) is 0.668. The molecular weight excluding hydrogens is 160 g/mol. The fourth-order valence-electron chi connectivity index (χ4n) is 0.241. The number of rotatable bonds is 5. The molecule has 0 aromatic heterocycles. The Bertz CT molecular complexity index is 404. The predicted octanol–water partition coefficient (Wildman–Crippen LogP) is -1.55. The van der Waals surface area contributed by atoms with E-state index < -0.39 is 37.2 Å². The number of carboxylic acid groups (broad SMARTS) is 1. The summed E-state index contributed by atoms with van der Waals surface area (Å²) in [6.07, 6.45) is -7.22. The fraction of sp³-hybridized carbons (Fsp3) is 0.667. The van der Waals surface area contributed by atoms with Crippen molar-refractivity contribution in [2.45, 2.75) is 18.8 Å². The van der Waals surface area contributed by atoms with E-state index in [1.54, 1.807) is 0 Å². The molecule has 0 radical (unpaired) electrons. The number of aliphatic carboxylic acids is 1. The molecule has 0 aromatic rings. The number of aliphatic imine (C=N–C) groups is 1. The molecule has 6 nitrogen and oxygen atoms in total. The Morgan fingerprint density at radius 2 is 2.33 bits per heavy atom. The number of nitrogens with zero attached hydrogens (tertiary/aromatic N) is 1. The molecule has 0 aliphatic carbocycles. The summed E-state index contributed by atoms with van der Waals surface area (Å²) >= 11 is 0. The molecule has 1 unspecified atom stereocenters. The molecule has 0 amide bonds. The lowest BCUT2D eigenvalue weighted by atomic mass is 10.2. The minimum atomic E-state index is -3.63. The zero-order valence-electron chi connectivity index (χ0n) is 13.0. The van der Waals surface area contributed by atoms with Crippen molar-refractivity contribution in [3.8, 4) is 0 Å². The van der Waals surface area contributed by atoms with Crippen LogP contribution in [-0.2, 0) is 4.79 Å². The molecule has 7 N–H and O–H groups in total. The van der Waals surface area contributed by atoms with E-state index in [0.29, 0.717) is 0 Å². The number of guanidine groups is 1. The van der Waals surface area contributed by atoms with Crippen LogP contribution < -0.4 is 17.2 Å². The molecule has 12 heavy (non-hydrogen) atoms. The first kappa shape index (κ1) is 3.61. The summed E-state index contributed by atoms with van der Waals surface area (Å²) in [6, 6.07) is -3.44. The zero-order valence-corrected chi connectivity index (χ0v) is 6.03. The fourth-order valence-corrected chi connectivity index (χ4v) is 0.241. The molecule has 0 rings (SSSR count). The van der Waals surface area contributed by atoms with E-state index in [-0.39, 0.29) is 0 Å². The lowest BCUT2D eigenvalue weighted by Crippen LogP contribution is -2.30. The molecule has 0 spiro atoms. The Kier molecular flexibility index (Phi) is 1.61. The topological polar surface area (TPSA) is 128 Å². The van der Waals surface area contributed by atoms with E-state index in [2.05, 4.69) is 4.99 Å². The maximum atomic E-state index is 10.7. The van der Waals surface area contributed by atoms with Crippen molar-refractivity contribution in [2.75, 3.05) is 6.50 Å². The summed E-state index contributed by atoms with van der Waals surface area (Å²) in [5.74, 6) is -3.03. The largest absolute Gasteiger partial charge is 0.480 e.